The molecule has 1 atom stereocenters. The highest BCUT2D eigenvalue weighted by Crippen LogP contribution is 2.16. The van der Waals surface area contributed by atoms with E-state index in [2.05, 4.69) is 5.32 Å². The summed E-state index contributed by atoms with van der Waals surface area (Å²) in [5, 5.41) is 3.21. The van der Waals surface area contributed by atoms with Crippen molar-refractivity contribution in [3.8, 4) is 0 Å². The number of benzene rings is 2. The zero-order valence-electron chi connectivity index (χ0n) is 12.5. The minimum Gasteiger partial charge on any atom is -0.458 e. The first kappa shape index (κ1) is 15.1. The van der Waals surface area contributed by atoms with Gasteiger partial charge in [-0.15, -0.1) is 0 Å². The number of ether oxygens (including phenoxy) is 1. The van der Waals surface area contributed by atoms with Gasteiger partial charge >= 0.3 is 5.97 Å². The Hall–Kier alpha value is -2.29. The highest BCUT2D eigenvalue weighted by Gasteiger charge is 2.10. The molecule has 2 rings (SSSR count). The normalized spacial score (nSPS) is 11.7. The molecule has 3 heteroatoms. The molecular formula is C18H21NO2. The van der Waals surface area contributed by atoms with Gasteiger partial charge in [0, 0.05) is 12.2 Å². The first-order chi connectivity index (χ1) is 10.1. The molecule has 2 aromatic rings. The maximum Gasteiger partial charge on any atom is 0.308 e. The summed E-state index contributed by atoms with van der Waals surface area (Å²) in [5.74, 6) is -0.189. The maximum atomic E-state index is 11.8. The predicted octanol–water partition coefficient (Wildman–Crippen LogP) is 4.10. The van der Waals surface area contributed by atoms with Crippen LogP contribution < -0.4 is 5.32 Å². The smallest absolute Gasteiger partial charge is 0.308 e. The molecule has 0 bridgehead atoms. The lowest BCUT2D eigenvalue weighted by Crippen LogP contribution is -2.13. The van der Waals surface area contributed by atoms with Crippen molar-refractivity contribution in [3.63, 3.8) is 0 Å². The van der Waals surface area contributed by atoms with Crippen LogP contribution in [0.1, 0.15) is 30.6 Å². The van der Waals surface area contributed by atoms with E-state index in [9.17, 15) is 4.79 Å². The minimum atomic E-state index is -0.210. The van der Waals surface area contributed by atoms with E-state index in [4.69, 9.17) is 4.74 Å². The molecule has 2 aromatic carbocycles. The summed E-state index contributed by atoms with van der Waals surface area (Å²) in [6, 6.07) is 17.8. The van der Waals surface area contributed by atoms with E-state index in [0.717, 1.165) is 11.3 Å². The van der Waals surface area contributed by atoms with E-state index >= 15 is 0 Å². The zero-order chi connectivity index (χ0) is 15.1. The van der Waals surface area contributed by atoms with Gasteiger partial charge in [0.1, 0.15) is 6.10 Å². The third kappa shape index (κ3) is 4.95. The van der Waals surface area contributed by atoms with Crippen molar-refractivity contribution in [3.05, 3.63) is 65.7 Å². The molecule has 1 N–H and O–H groups in total. The van der Waals surface area contributed by atoms with Gasteiger partial charge in [-0.1, -0.05) is 48.0 Å². The minimum absolute atomic E-state index is 0.189. The third-order valence-corrected chi connectivity index (χ3v) is 3.29. The van der Waals surface area contributed by atoms with Gasteiger partial charge in [-0.25, -0.2) is 0 Å². The largest absolute Gasteiger partial charge is 0.458 e. The Morgan fingerprint density at radius 1 is 1.10 bits per heavy atom. The monoisotopic (exact) mass is 283 g/mol. The van der Waals surface area contributed by atoms with E-state index in [1.807, 2.05) is 68.4 Å². The van der Waals surface area contributed by atoms with Gasteiger partial charge in [0.05, 0.1) is 6.42 Å². The Morgan fingerprint density at radius 3 is 2.43 bits per heavy atom. The summed E-state index contributed by atoms with van der Waals surface area (Å²) in [4.78, 5) is 11.8. The molecule has 0 saturated carbocycles. The second kappa shape index (κ2) is 7.48. The molecule has 1 unspecified atom stereocenters. The maximum absolute atomic E-state index is 11.8. The molecule has 0 aromatic heterocycles. The molecule has 0 fully saturated rings. The lowest BCUT2D eigenvalue weighted by atomic mass is 10.1. The molecule has 0 saturated heterocycles. The Bertz CT molecular complexity index is 564. The summed E-state index contributed by atoms with van der Waals surface area (Å²) in [5.41, 5.74) is 3.25. The predicted molar refractivity (Wildman–Crippen MR) is 85.2 cm³/mol. The summed E-state index contributed by atoms with van der Waals surface area (Å²) in [6.45, 7) is 4.51. The number of esters is 1. The van der Waals surface area contributed by atoms with Crippen LogP contribution in [0.15, 0.2) is 54.6 Å². The van der Waals surface area contributed by atoms with Crippen LogP contribution >= 0.6 is 0 Å². The van der Waals surface area contributed by atoms with Crippen LogP contribution in [0.2, 0.25) is 0 Å². The van der Waals surface area contributed by atoms with E-state index in [1.165, 1.54) is 5.56 Å². The summed E-state index contributed by atoms with van der Waals surface area (Å²) >= 11 is 0. The van der Waals surface area contributed by atoms with Crippen LogP contribution in [0, 0.1) is 6.92 Å². The number of carbonyl (C=O) groups is 1. The number of rotatable bonds is 6. The fraction of sp³-hybridized carbons (Fsp3) is 0.278. The van der Waals surface area contributed by atoms with Crippen LogP contribution in [0.25, 0.3) is 0 Å². The van der Waals surface area contributed by atoms with Gasteiger partial charge in [-0.05, 0) is 31.5 Å². The Balaban J connectivity index is 1.73. The van der Waals surface area contributed by atoms with Gasteiger partial charge in [-0.3, -0.25) is 4.79 Å². The molecule has 0 aliphatic heterocycles. The summed E-state index contributed by atoms with van der Waals surface area (Å²) < 4.78 is 5.41. The molecule has 21 heavy (non-hydrogen) atoms. The van der Waals surface area contributed by atoms with E-state index in [0.29, 0.717) is 13.0 Å². The molecule has 0 spiro atoms. The van der Waals surface area contributed by atoms with Gasteiger partial charge < -0.3 is 10.1 Å². The van der Waals surface area contributed by atoms with Crippen LogP contribution in [0.3, 0.4) is 0 Å². The number of hydrogen-bond acceptors (Lipinski definition) is 3. The molecule has 0 heterocycles. The average Bonchev–Trinajstić information content (AvgIpc) is 2.50. The lowest BCUT2D eigenvalue weighted by molar-refractivity contribution is -0.148. The Morgan fingerprint density at radius 2 is 1.76 bits per heavy atom. The first-order valence-electron chi connectivity index (χ1n) is 7.20. The Kier molecular flexibility index (Phi) is 5.38. The topological polar surface area (TPSA) is 38.3 Å². The number of hydrogen-bond donors (Lipinski definition) is 1. The van der Waals surface area contributed by atoms with Gasteiger partial charge in [0.2, 0.25) is 0 Å². The Labute approximate surface area is 126 Å². The van der Waals surface area contributed by atoms with Crippen LogP contribution in [0.4, 0.5) is 5.69 Å². The summed E-state index contributed by atoms with van der Waals surface area (Å²) in [7, 11) is 0. The molecule has 0 aliphatic rings. The molecule has 0 aliphatic carbocycles. The second-order valence-electron chi connectivity index (χ2n) is 5.09. The lowest BCUT2D eigenvalue weighted by Gasteiger charge is -2.14. The highest BCUT2D eigenvalue weighted by molar-refractivity contribution is 5.70. The van der Waals surface area contributed by atoms with Crippen LogP contribution in [-0.2, 0) is 9.53 Å². The zero-order valence-corrected chi connectivity index (χ0v) is 12.5. The first-order valence-corrected chi connectivity index (χ1v) is 7.20. The number of aryl methyl sites for hydroxylation is 1. The summed E-state index contributed by atoms with van der Waals surface area (Å²) in [6.07, 6.45) is 0.142. The van der Waals surface area contributed by atoms with Gasteiger partial charge in [0.25, 0.3) is 0 Å². The van der Waals surface area contributed by atoms with Crippen molar-refractivity contribution in [2.24, 2.45) is 0 Å². The fourth-order valence-electron chi connectivity index (χ4n) is 2.03. The van der Waals surface area contributed by atoms with Crippen molar-refractivity contribution >= 4 is 11.7 Å². The number of nitrogens with one attached hydrogen (secondary N) is 1. The van der Waals surface area contributed by atoms with Gasteiger partial charge in [0.15, 0.2) is 0 Å². The quantitative estimate of drug-likeness (QED) is 0.811. The van der Waals surface area contributed by atoms with Crippen LogP contribution in [0.5, 0.6) is 0 Å². The number of anilines is 1. The molecule has 0 amide bonds. The molecule has 3 nitrogen and oxygen atoms in total. The third-order valence-electron chi connectivity index (χ3n) is 3.29. The standard InChI is InChI=1S/C18H21NO2/c1-14-8-10-17(11-9-14)19-13-12-18(20)21-15(2)16-6-4-3-5-7-16/h3-11,15,19H,12-13H2,1-2H3. The SMILES string of the molecule is Cc1ccc(NCCC(=O)OC(C)c2ccccc2)cc1. The van der Waals surface area contributed by atoms with E-state index < -0.39 is 0 Å². The number of carbonyl (C=O) groups excluding carboxylic acids is 1. The molecule has 0 radical (unpaired) electrons. The van der Waals surface area contributed by atoms with E-state index in [1.54, 1.807) is 0 Å². The molecule has 110 valence electrons. The van der Waals surface area contributed by atoms with Gasteiger partial charge in [-0.2, -0.15) is 0 Å². The van der Waals surface area contributed by atoms with Crippen molar-refractivity contribution in [1.29, 1.82) is 0 Å². The second-order valence-corrected chi connectivity index (χ2v) is 5.09. The molecular weight excluding hydrogens is 262 g/mol. The average molecular weight is 283 g/mol. The van der Waals surface area contributed by atoms with Crippen molar-refractivity contribution in [1.82, 2.24) is 0 Å². The van der Waals surface area contributed by atoms with Crippen molar-refractivity contribution in [2.75, 3.05) is 11.9 Å². The van der Waals surface area contributed by atoms with Crippen molar-refractivity contribution in [2.45, 2.75) is 26.4 Å². The fourth-order valence-corrected chi connectivity index (χ4v) is 2.03. The highest BCUT2D eigenvalue weighted by atomic mass is 16.5. The van der Waals surface area contributed by atoms with Crippen molar-refractivity contribution < 1.29 is 9.53 Å². The van der Waals surface area contributed by atoms with E-state index in [-0.39, 0.29) is 12.1 Å². The van der Waals surface area contributed by atoms with Crippen LogP contribution in [-0.4, -0.2) is 12.5 Å².